The van der Waals surface area contributed by atoms with Gasteiger partial charge in [-0.3, -0.25) is 9.59 Å². The van der Waals surface area contributed by atoms with Gasteiger partial charge in [0.1, 0.15) is 12.1 Å². The topological polar surface area (TPSA) is 62.3 Å². The predicted molar refractivity (Wildman–Crippen MR) is 113 cm³/mol. The molecule has 1 fully saturated rings. The molecule has 0 spiro atoms. The quantitative estimate of drug-likeness (QED) is 0.538. The molecule has 1 amide bonds. The van der Waals surface area contributed by atoms with Crippen LogP contribution >= 0.6 is 0 Å². The molecule has 1 aliphatic heterocycles. The molecule has 1 aromatic heterocycles. The van der Waals surface area contributed by atoms with Gasteiger partial charge in [0, 0.05) is 36.0 Å². The summed E-state index contributed by atoms with van der Waals surface area (Å²) in [7, 11) is 0. The van der Waals surface area contributed by atoms with E-state index in [0.717, 1.165) is 50.0 Å². The second kappa shape index (κ2) is 8.38. The highest BCUT2D eigenvalue weighted by Gasteiger charge is 2.42. The van der Waals surface area contributed by atoms with Crippen LogP contribution in [0.3, 0.4) is 0 Å². The molecule has 2 heterocycles. The number of hydrogen-bond donors (Lipinski definition) is 1. The van der Waals surface area contributed by atoms with E-state index in [4.69, 9.17) is 0 Å². The van der Waals surface area contributed by atoms with E-state index in [-0.39, 0.29) is 11.3 Å². The standard InChI is InChI=1S/C23H27N3O2/c1-4-10-23(11-5-2)15-26(16-23)21-20(12-17(3)13-24-21)22(28)25-19-8-6-18(14-27)7-9-19/h4,6-9,12-14H,1,5,10-11,15-16H2,2-3H3,(H,25,28). The zero-order chi connectivity index (χ0) is 20.1. The molecular formula is C23H27N3O2. The van der Waals surface area contributed by atoms with Gasteiger partial charge in [0.25, 0.3) is 5.91 Å². The molecule has 146 valence electrons. The number of allylic oxidation sites excluding steroid dienone is 1. The number of aldehydes is 1. The molecule has 5 heteroatoms. The van der Waals surface area contributed by atoms with Crippen LogP contribution in [0.1, 0.15) is 52.5 Å². The number of anilines is 2. The first-order valence-corrected chi connectivity index (χ1v) is 9.69. The molecule has 0 radical (unpaired) electrons. The Morgan fingerprint density at radius 2 is 2.04 bits per heavy atom. The molecule has 1 aromatic carbocycles. The summed E-state index contributed by atoms with van der Waals surface area (Å²) in [6.45, 7) is 9.81. The zero-order valence-corrected chi connectivity index (χ0v) is 16.6. The van der Waals surface area contributed by atoms with Crippen LogP contribution in [-0.4, -0.2) is 30.3 Å². The van der Waals surface area contributed by atoms with Gasteiger partial charge < -0.3 is 10.2 Å². The number of nitrogens with one attached hydrogen (secondary N) is 1. The summed E-state index contributed by atoms with van der Waals surface area (Å²) in [6, 6.07) is 8.70. The molecule has 28 heavy (non-hydrogen) atoms. The van der Waals surface area contributed by atoms with Gasteiger partial charge in [0.15, 0.2) is 0 Å². The molecule has 5 nitrogen and oxygen atoms in total. The van der Waals surface area contributed by atoms with Gasteiger partial charge in [-0.2, -0.15) is 0 Å². The van der Waals surface area contributed by atoms with Gasteiger partial charge in [-0.05, 0) is 55.7 Å². The van der Waals surface area contributed by atoms with Crippen molar-refractivity contribution in [2.24, 2.45) is 5.41 Å². The number of amides is 1. The van der Waals surface area contributed by atoms with Crippen molar-refractivity contribution >= 4 is 23.7 Å². The minimum atomic E-state index is -0.193. The smallest absolute Gasteiger partial charge is 0.259 e. The van der Waals surface area contributed by atoms with Crippen LogP contribution in [0.5, 0.6) is 0 Å². The molecule has 0 bridgehead atoms. The van der Waals surface area contributed by atoms with Crippen LogP contribution in [0.25, 0.3) is 0 Å². The predicted octanol–water partition coefficient (Wildman–Crippen LogP) is 4.64. The van der Waals surface area contributed by atoms with E-state index in [1.54, 1.807) is 30.5 Å². The molecule has 0 atom stereocenters. The lowest BCUT2D eigenvalue weighted by molar-refractivity contribution is 0.102. The minimum Gasteiger partial charge on any atom is -0.355 e. The molecule has 3 rings (SSSR count). The summed E-state index contributed by atoms with van der Waals surface area (Å²) >= 11 is 0. The maximum absolute atomic E-state index is 12.9. The average molecular weight is 377 g/mol. The number of benzene rings is 1. The van der Waals surface area contributed by atoms with E-state index in [9.17, 15) is 9.59 Å². The number of nitrogens with zero attached hydrogens (tertiary/aromatic N) is 2. The molecule has 1 aliphatic rings. The SMILES string of the molecule is C=CCC1(CCC)CN(c2ncc(C)cc2C(=O)Nc2ccc(C=O)cc2)C1. The second-order valence-electron chi connectivity index (χ2n) is 7.68. The van der Waals surface area contributed by atoms with Crippen LogP contribution in [-0.2, 0) is 0 Å². The van der Waals surface area contributed by atoms with Gasteiger partial charge in [0.05, 0.1) is 5.56 Å². The fourth-order valence-corrected chi connectivity index (χ4v) is 3.96. The van der Waals surface area contributed by atoms with Crippen molar-refractivity contribution in [3.63, 3.8) is 0 Å². The van der Waals surface area contributed by atoms with Crippen molar-refractivity contribution in [2.45, 2.75) is 33.1 Å². The second-order valence-corrected chi connectivity index (χ2v) is 7.68. The summed E-state index contributed by atoms with van der Waals surface area (Å²) in [5, 5.41) is 2.91. The Bertz CT molecular complexity index is 868. The summed E-state index contributed by atoms with van der Waals surface area (Å²) < 4.78 is 0. The number of rotatable bonds is 8. The fourth-order valence-electron chi connectivity index (χ4n) is 3.96. The third kappa shape index (κ3) is 4.14. The van der Waals surface area contributed by atoms with Crippen LogP contribution < -0.4 is 10.2 Å². The van der Waals surface area contributed by atoms with Gasteiger partial charge in [-0.25, -0.2) is 4.98 Å². The summed E-state index contributed by atoms with van der Waals surface area (Å²) in [5.41, 5.74) is 2.98. The van der Waals surface area contributed by atoms with Crippen LogP contribution in [0.4, 0.5) is 11.5 Å². The van der Waals surface area contributed by atoms with Crippen LogP contribution in [0.2, 0.25) is 0 Å². The Morgan fingerprint density at radius 1 is 1.32 bits per heavy atom. The van der Waals surface area contributed by atoms with Crippen molar-refractivity contribution in [2.75, 3.05) is 23.3 Å². The van der Waals surface area contributed by atoms with E-state index in [2.05, 4.69) is 28.7 Å². The highest BCUT2D eigenvalue weighted by atomic mass is 16.1. The lowest BCUT2D eigenvalue weighted by Crippen LogP contribution is -2.57. The molecule has 2 aromatic rings. The average Bonchev–Trinajstić information content (AvgIpc) is 2.66. The summed E-state index contributed by atoms with van der Waals surface area (Å²) in [6.07, 6.45) is 7.83. The number of carbonyl (C=O) groups is 2. The van der Waals surface area contributed by atoms with Crippen molar-refractivity contribution in [3.05, 3.63) is 65.9 Å². The third-order valence-corrected chi connectivity index (χ3v) is 5.26. The molecule has 1 saturated heterocycles. The zero-order valence-electron chi connectivity index (χ0n) is 16.6. The van der Waals surface area contributed by atoms with Gasteiger partial charge in [-0.15, -0.1) is 6.58 Å². The first-order chi connectivity index (χ1) is 13.5. The normalized spacial score (nSPS) is 14.9. The Balaban J connectivity index is 1.80. The number of aromatic nitrogens is 1. The molecular weight excluding hydrogens is 350 g/mol. The van der Waals surface area contributed by atoms with E-state index in [0.29, 0.717) is 16.8 Å². The number of carbonyl (C=O) groups excluding carboxylic acids is 2. The molecule has 0 unspecified atom stereocenters. The summed E-state index contributed by atoms with van der Waals surface area (Å²) in [4.78, 5) is 30.5. The molecule has 0 saturated carbocycles. The van der Waals surface area contributed by atoms with Gasteiger partial charge in [0.2, 0.25) is 0 Å². The Hall–Kier alpha value is -2.95. The fraction of sp³-hybridized carbons (Fsp3) is 0.348. The van der Waals surface area contributed by atoms with E-state index < -0.39 is 0 Å². The highest BCUT2D eigenvalue weighted by Crippen LogP contribution is 2.41. The molecule has 0 aliphatic carbocycles. The number of aryl methyl sites for hydroxylation is 1. The Labute approximate surface area is 166 Å². The highest BCUT2D eigenvalue weighted by molar-refractivity contribution is 6.07. The Morgan fingerprint density at radius 3 is 2.64 bits per heavy atom. The Kier molecular flexibility index (Phi) is 5.93. The van der Waals surface area contributed by atoms with Gasteiger partial charge >= 0.3 is 0 Å². The lowest BCUT2D eigenvalue weighted by atomic mass is 9.73. The number of pyridine rings is 1. The first-order valence-electron chi connectivity index (χ1n) is 9.69. The maximum atomic E-state index is 12.9. The van der Waals surface area contributed by atoms with Crippen LogP contribution in [0.15, 0.2) is 49.2 Å². The van der Waals surface area contributed by atoms with Crippen molar-refractivity contribution in [3.8, 4) is 0 Å². The minimum absolute atomic E-state index is 0.193. The summed E-state index contributed by atoms with van der Waals surface area (Å²) in [5.74, 6) is 0.533. The monoisotopic (exact) mass is 377 g/mol. The van der Waals surface area contributed by atoms with E-state index in [1.165, 1.54) is 0 Å². The van der Waals surface area contributed by atoms with Crippen LogP contribution in [0, 0.1) is 12.3 Å². The first kappa shape index (κ1) is 19.8. The molecule has 1 N–H and O–H groups in total. The van der Waals surface area contributed by atoms with Crippen molar-refractivity contribution in [1.29, 1.82) is 0 Å². The van der Waals surface area contributed by atoms with E-state index in [1.807, 2.05) is 19.1 Å². The third-order valence-electron chi connectivity index (χ3n) is 5.26. The van der Waals surface area contributed by atoms with Crippen molar-refractivity contribution < 1.29 is 9.59 Å². The lowest BCUT2D eigenvalue weighted by Gasteiger charge is -2.51. The van der Waals surface area contributed by atoms with E-state index >= 15 is 0 Å². The number of hydrogen-bond acceptors (Lipinski definition) is 4. The van der Waals surface area contributed by atoms with Crippen molar-refractivity contribution in [1.82, 2.24) is 4.98 Å². The largest absolute Gasteiger partial charge is 0.355 e. The van der Waals surface area contributed by atoms with Gasteiger partial charge in [-0.1, -0.05) is 19.4 Å². The maximum Gasteiger partial charge on any atom is 0.259 e.